The topological polar surface area (TPSA) is 114 Å². The third kappa shape index (κ3) is 5.48. The molecule has 1 heterocycles. The molecule has 9 heteroatoms. The van der Waals surface area contributed by atoms with Crippen LogP contribution in [0.15, 0.2) is 48.5 Å². The van der Waals surface area contributed by atoms with Crippen molar-refractivity contribution in [3.63, 3.8) is 0 Å². The van der Waals surface area contributed by atoms with Crippen molar-refractivity contribution in [2.45, 2.75) is 24.5 Å². The van der Waals surface area contributed by atoms with Crippen LogP contribution < -0.4 is 10.6 Å². The molecular weight excluding hydrogens is 444 g/mol. The van der Waals surface area contributed by atoms with Crippen LogP contribution in [0.1, 0.15) is 23.5 Å². The van der Waals surface area contributed by atoms with E-state index in [9.17, 15) is 14.4 Å². The molecule has 0 bridgehead atoms. The first-order chi connectivity index (χ1) is 16.0. The van der Waals surface area contributed by atoms with Gasteiger partial charge in [0.05, 0.1) is 11.8 Å². The maximum atomic E-state index is 12.2. The number of aliphatic carboxylic acids is 1. The third-order valence-corrected chi connectivity index (χ3v) is 6.73. The lowest BCUT2D eigenvalue weighted by molar-refractivity contribution is -0.148. The first-order valence-electron chi connectivity index (χ1n) is 10.8. The van der Waals surface area contributed by atoms with E-state index in [4.69, 9.17) is 14.6 Å². The van der Waals surface area contributed by atoms with E-state index in [1.54, 1.807) is 0 Å². The average Bonchev–Trinajstić information content (AvgIpc) is 3.40. The summed E-state index contributed by atoms with van der Waals surface area (Å²) in [5.74, 6) is -0.604. The van der Waals surface area contributed by atoms with Crippen LogP contribution in [-0.2, 0) is 19.1 Å². The second-order valence-electron chi connectivity index (χ2n) is 7.90. The van der Waals surface area contributed by atoms with Crippen LogP contribution in [0.2, 0.25) is 0 Å². The van der Waals surface area contributed by atoms with Gasteiger partial charge in [-0.15, -0.1) is 0 Å². The number of thioether (sulfide) groups is 1. The first-order valence-corrected chi connectivity index (χ1v) is 12.0. The molecule has 2 aromatic carbocycles. The van der Waals surface area contributed by atoms with Gasteiger partial charge in [-0.1, -0.05) is 48.5 Å². The Bertz CT molecular complexity index is 984. The number of hydrogen-bond donors (Lipinski definition) is 3. The molecular formula is C24H26N2O6S. The van der Waals surface area contributed by atoms with Crippen LogP contribution in [0.3, 0.4) is 0 Å². The van der Waals surface area contributed by atoms with Gasteiger partial charge in [-0.2, -0.15) is 11.8 Å². The van der Waals surface area contributed by atoms with Crippen molar-refractivity contribution in [2.24, 2.45) is 0 Å². The molecule has 2 unspecified atom stereocenters. The minimum atomic E-state index is -1.07. The number of fused-ring (bicyclic) bond motifs is 3. The Morgan fingerprint density at radius 1 is 1.06 bits per heavy atom. The number of alkyl carbamates (subject to hydrolysis) is 1. The van der Waals surface area contributed by atoms with Crippen LogP contribution in [-0.4, -0.2) is 66.5 Å². The summed E-state index contributed by atoms with van der Waals surface area (Å²) in [6, 6.07) is 15.8. The monoisotopic (exact) mass is 470 g/mol. The van der Waals surface area contributed by atoms with Crippen molar-refractivity contribution >= 4 is 29.7 Å². The molecule has 0 spiro atoms. The van der Waals surface area contributed by atoms with Crippen molar-refractivity contribution in [1.82, 2.24) is 10.6 Å². The van der Waals surface area contributed by atoms with E-state index in [0.717, 1.165) is 11.1 Å². The Morgan fingerprint density at radius 3 is 2.39 bits per heavy atom. The number of benzene rings is 2. The zero-order valence-corrected chi connectivity index (χ0v) is 18.8. The van der Waals surface area contributed by atoms with E-state index >= 15 is 0 Å². The van der Waals surface area contributed by atoms with Gasteiger partial charge in [-0.25, -0.2) is 9.59 Å². The van der Waals surface area contributed by atoms with E-state index in [2.05, 4.69) is 34.9 Å². The predicted octanol–water partition coefficient (Wildman–Crippen LogP) is 2.62. The lowest BCUT2D eigenvalue weighted by Gasteiger charge is -2.16. The van der Waals surface area contributed by atoms with Crippen LogP contribution in [0.4, 0.5) is 4.79 Å². The zero-order chi connectivity index (χ0) is 23.2. The van der Waals surface area contributed by atoms with Crippen LogP contribution in [0.25, 0.3) is 11.1 Å². The van der Waals surface area contributed by atoms with Crippen molar-refractivity contribution in [1.29, 1.82) is 0 Å². The van der Waals surface area contributed by atoms with Gasteiger partial charge in [-0.05, 0) is 28.7 Å². The molecule has 2 amide bonds. The average molecular weight is 471 g/mol. The van der Waals surface area contributed by atoms with Crippen LogP contribution in [0, 0.1) is 0 Å². The summed E-state index contributed by atoms with van der Waals surface area (Å²) in [4.78, 5) is 35.3. The summed E-state index contributed by atoms with van der Waals surface area (Å²) in [5, 5.41) is 14.5. The molecule has 4 rings (SSSR count). The zero-order valence-electron chi connectivity index (χ0n) is 18.0. The number of rotatable bonds is 9. The van der Waals surface area contributed by atoms with Crippen LogP contribution >= 0.6 is 11.8 Å². The summed E-state index contributed by atoms with van der Waals surface area (Å²) < 4.78 is 10.6. The molecule has 1 saturated heterocycles. The number of carboxylic acids is 1. The highest BCUT2D eigenvalue weighted by Gasteiger charge is 2.35. The molecule has 1 fully saturated rings. The highest BCUT2D eigenvalue weighted by atomic mass is 32.2. The predicted molar refractivity (Wildman–Crippen MR) is 124 cm³/mol. The lowest BCUT2D eigenvalue weighted by atomic mass is 9.98. The highest BCUT2D eigenvalue weighted by Crippen LogP contribution is 2.44. The van der Waals surface area contributed by atoms with Gasteiger partial charge in [0, 0.05) is 24.8 Å². The number of amides is 2. The number of carbonyl (C=O) groups excluding carboxylic acids is 2. The van der Waals surface area contributed by atoms with Gasteiger partial charge in [0.1, 0.15) is 6.61 Å². The molecule has 0 radical (unpaired) electrons. The number of hydrogen-bond acceptors (Lipinski definition) is 6. The Labute approximate surface area is 196 Å². The van der Waals surface area contributed by atoms with E-state index in [1.165, 1.54) is 22.9 Å². The Morgan fingerprint density at radius 2 is 1.73 bits per heavy atom. The summed E-state index contributed by atoms with van der Waals surface area (Å²) in [7, 11) is 0. The van der Waals surface area contributed by atoms with Gasteiger partial charge in [0.15, 0.2) is 6.10 Å². The molecule has 174 valence electrons. The molecule has 2 aromatic rings. The fourth-order valence-electron chi connectivity index (χ4n) is 4.27. The van der Waals surface area contributed by atoms with Gasteiger partial charge >= 0.3 is 12.1 Å². The SMILES string of the molecule is O=C(CSCCNC(=O)OCC1c2ccccc2-c2ccccc21)NC1CCOC1C(=O)O. The smallest absolute Gasteiger partial charge is 0.407 e. The number of nitrogens with one attached hydrogen (secondary N) is 2. The van der Waals surface area contributed by atoms with Gasteiger partial charge in [0.25, 0.3) is 0 Å². The third-order valence-electron chi connectivity index (χ3n) is 5.77. The Hall–Kier alpha value is -3.04. The number of ether oxygens (including phenoxy) is 2. The Balaban J connectivity index is 1.15. The lowest BCUT2D eigenvalue weighted by Crippen LogP contribution is -2.44. The molecule has 2 aliphatic rings. The molecule has 0 aromatic heterocycles. The molecule has 33 heavy (non-hydrogen) atoms. The quantitative estimate of drug-likeness (QED) is 0.483. The normalized spacial score (nSPS) is 18.9. The maximum absolute atomic E-state index is 12.2. The summed E-state index contributed by atoms with van der Waals surface area (Å²) in [5.41, 5.74) is 4.67. The minimum Gasteiger partial charge on any atom is -0.479 e. The molecule has 1 aliphatic carbocycles. The van der Waals surface area contributed by atoms with E-state index in [-0.39, 0.29) is 24.2 Å². The van der Waals surface area contributed by atoms with E-state index < -0.39 is 24.2 Å². The number of carbonyl (C=O) groups is 3. The van der Waals surface area contributed by atoms with Crippen LogP contribution in [0.5, 0.6) is 0 Å². The van der Waals surface area contributed by atoms with Gasteiger partial charge in [-0.3, -0.25) is 4.79 Å². The second-order valence-corrected chi connectivity index (χ2v) is 9.00. The molecule has 8 nitrogen and oxygen atoms in total. The molecule has 3 N–H and O–H groups in total. The molecule has 0 saturated carbocycles. The summed E-state index contributed by atoms with van der Waals surface area (Å²) in [6.45, 7) is 0.932. The minimum absolute atomic E-state index is 0.00964. The Kier molecular flexibility index (Phi) is 7.51. The van der Waals surface area contributed by atoms with Crippen molar-refractivity contribution in [3.8, 4) is 11.1 Å². The van der Waals surface area contributed by atoms with E-state index in [1.807, 2.05) is 24.3 Å². The summed E-state index contributed by atoms with van der Waals surface area (Å²) in [6.07, 6.45) is -1.00. The summed E-state index contributed by atoms with van der Waals surface area (Å²) >= 11 is 1.35. The highest BCUT2D eigenvalue weighted by molar-refractivity contribution is 7.99. The standard InChI is InChI=1S/C24H26N2O6S/c27-21(26-20-9-11-31-22(20)23(28)29)14-33-12-10-25-24(30)32-13-19-17-7-3-1-5-15(17)16-6-2-4-8-18(16)19/h1-8,19-20,22H,9-14H2,(H,25,30)(H,26,27)(H,28,29). The van der Waals surface area contributed by atoms with Crippen molar-refractivity contribution in [3.05, 3.63) is 59.7 Å². The van der Waals surface area contributed by atoms with Gasteiger partial charge in [0.2, 0.25) is 5.91 Å². The number of carboxylic acid groups (broad SMARTS) is 1. The maximum Gasteiger partial charge on any atom is 0.407 e. The van der Waals surface area contributed by atoms with Crippen molar-refractivity contribution < 1.29 is 29.0 Å². The van der Waals surface area contributed by atoms with E-state index in [0.29, 0.717) is 25.3 Å². The van der Waals surface area contributed by atoms with Crippen molar-refractivity contribution in [2.75, 3.05) is 31.3 Å². The van der Waals surface area contributed by atoms with Gasteiger partial charge < -0.3 is 25.2 Å². The molecule has 1 aliphatic heterocycles. The largest absolute Gasteiger partial charge is 0.479 e. The molecule has 2 atom stereocenters. The fourth-order valence-corrected chi connectivity index (χ4v) is 4.93. The first kappa shape index (κ1) is 23.1. The second kappa shape index (κ2) is 10.7. The fraction of sp³-hybridized carbons (Fsp3) is 0.375.